The second kappa shape index (κ2) is 8.52. The molecule has 0 bridgehead atoms. The molecule has 1 aliphatic rings. The van der Waals surface area contributed by atoms with Crippen molar-refractivity contribution in [3.8, 4) is 11.5 Å². The molecule has 1 aromatic carbocycles. The van der Waals surface area contributed by atoms with Gasteiger partial charge in [0.2, 0.25) is 0 Å². The van der Waals surface area contributed by atoms with Crippen LogP contribution in [-0.2, 0) is 6.42 Å². The van der Waals surface area contributed by atoms with Crippen molar-refractivity contribution in [1.82, 2.24) is 15.2 Å². The summed E-state index contributed by atoms with van der Waals surface area (Å²) in [4.78, 5) is 6.79. The quantitative estimate of drug-likeness (QED) is 0.774. The van der Waals surface area contributed by atoms with Crippen LogP contribution in [0.5, 0.6) is 11.5 Å². The summed E-state index contributed by atoms with van der Waals surface area (Å²) < 4.78 is 11.6. The summed E-state index contributed by atoms with van der Waals surface area (Å²) in [5.41, 5.74) is 4.74. The van der Waals surface area contributed by atoms with Crippen LogP contribution in [0.2, 0.25) is 0 Å². The first-order chi connectivity index (χ1) is 12.6. The normalized spacial score (nSPS) is 16.4. The molecule has 5 heteroatoms. The number of pyridine rings is 1. The van der Waals surface area contributed by atoms with E-state index >= 15 is 0 Å². The number of aromatic nitrogens is 1. The van der Waals surface area contributed by atoms with E-state index in [1.165, 1.54) is 16.7 Å². The number of aryl methyl sites for hydroxylation is 1. The lowest BCUT2D eigenvalue weighted by molar-refractivity contribution is 0.267. The summed E-state index contributed by atoms with van der Waals surface area (Å²) >= 11 is 0. The highest BCUT2D eigenvalue weighted by molar-refractivity contribution is 5.51. The van der Waals surface area contributed by atoms with E-state index < -0.39 is 0 Å². The Balaban J connectivity index is 1.85. The number of nitrogens with zero attached hydrogens (tertiary/aromatic N) is 2. The van der Waals surface area contributed by atoms with E-state index in [4.69, 9.17) is 9.47 Å². The molecular weight excluding hydrogens is 326 g/mol. The number of fused-ring (bicyclic) bond motifs is 1. The Morgan fingerprint density at radius 1 is 1.23 bits per heavy atom. The number of rotatable bonds is 7. The largest absolute Gasteiger partial charge is 0.493 e. The zero-order valence-corrected chi connectivity index (χ0v) is 16.2. The van der Waals surface area contributed by atoms with Gasteiger partial charge in [-0.2, -0.15) is 0 Å². The standard InChI is InChI=1S/C21H29N3O2/c1-15-6-7-18(23-14-15)21-17-13-20(26-11-5-10-24(2)3)19(25-4)12-16(17)8-9-22-21/h6-7,12-14,21-22H,5,8-11H2,1-4H3. The number of nitrogens with one attached hydrogen (secondary N) is 1. The molecule has 3 rings (SSSR count). The lowest BCUT2D eigenvalue weighted by Gasteiger charge is -2.28. The van der Waals surface area contributed by atoms with Gasteiger partial charge in [-0.15, -0.1) is 0 Å². The predicted octanol–water partition coefficient (Wildman–Crippen LogP) is 2.96. The van der Waals surface area contributed by atoms with Gasteiger partial charge in [-0.3, -0.25) is 4.98 Å². The fraction of sp³-hybridized carbons (Fsp3) is 0.476. The van der Waals surface area contributed by atoms with Crippen LogP contribution in [0.4, 0.5) is 0 Å². The molecule has 0 radical (unpaired) electrons. The molecule has 1 aromatic heterocycles. The van der Waals surface area contributed by atoms with E-state index in [0.29, 0.717) is 6.61 Å². The Labute approximate surface area is 156 Å². The number of ether oxygens (including phenoxy) is 2. The monoisotopic (exact) mass is 355 g/mol. The third-order valence-electron chi connectivity index (χ3n) is 4.72. The summed E-state index contributed by atoms with van der Waals surface area (Å²) in [6, 6.07) is 8.56. The van der Waals surface area contributed by atoms with Gasteiger partial charge in [0.15, 0.2) is 11.5 Å². The Kier molecular flexibility index (Phi) is 6.12. The fourth-order valence-corrected chi connectivity index (χ4v) is 3.31. The SMILES string of the molecule is COc1cc2c(cc1OCCCN(C)C)C(c1ccc(C)cn1)NCC2. The van der Waals surface area contributed by atoms with Crippen LogP contribution in [0.15, 0.2) is 30.5 Å². The van der Waals surface area contributed by atoms with Gasteiger partial charge in [0, 0.05) is 19.3 Å². The third kappa shape index (κ3) is 4.34. The zero-order valence-electron chi connectivity index (χ0n) is 16.2. The number of hydrogen-bond acceptors (Lipinski definition) is 5. The minimum atomic E-state index is 0.0920. The molecule has 0 spiro atoms. The highest BCUT2D eigenvalue weighted by atomic mass is 16.5. The molecule has 1 N–H and O–H groups in total. The van der Waals surface area contributed by atoms with E-state index in [1.54, 1.807) is 7.11 Å². The number of benzene rings is 1. The van der Waals surface area contributed by atoms with Crippen LogP contribution in [-0.4, -0.2) is 50.8 Å². The molecule has 1 atom stereocenters. The van der Waals surface area contributed by atoms with Crippen LogP contribution >= 0.6 is 0 Å². The Morgan fingerprint density at radius 2 is 2.08 bits per heavy atom. The van der Waals surface area contributed by atoms with Gasteiger partial charge in [-0.05, 0) is 68.8 Å². The van der Waals surface area contributed by atoms with Gasteiger partial charge in [-0.25, -0.2) is 0 Å². The lowest BCUT2D eigenvalue weighted by Crippen LogP contribution is -2.31. The van der Waals surface area contributed by atoms with E-state index in [1.807, 2.05) is 6.20 Å². The van der Waals surface area contributed by atoms with Crippen molar-refractivity contribution >= 4 is 0 Å². The van der Waals surface area contributed by atoms with E-state index in [-0.39, 0.29) is 6.04 Å². The van der Waals surface area contributed by atoms with Gasteiger partial charge >= 0.3 is 0 Å². The van der Waals surface area contributed by atoms with E-state index in [2.05, 4.69) is 60.5 Å². The van der Waals surface area contributed by atoms with Crippen LogP contribution in [0, 0.1) is 6.92 Å². The first-order valence-electron chi connectivity index (χ1n) is 9.22. The van der Waals surface area contributed by atoms with Crippen molar-refractivity contribution in [2.24, 2.45) is 0 Å². The molecule has 2 aromatic rings. The minimum absolute atomic E-state index is 0.0920. The Hall–Kier alpha value is -2.11. The lowest BCUT2D eigenvalue weighted by atomic mass is 9.91. The highest BCUT2D eigenvalue weighted by Gasteiger charge is 2.24. The second-order valence-electron chi connectivity index (χ2n) is 7.10. The first kappa shape index (κ1) is 18.7. The van der Waals surface area contributed by atoms with E-state index in [0.717, 1.165) is 43.1 Å². The number of methoxy groups -OCH3 is 1. The molecule has 0 fully saturated rings. The van der Waals surface area contributed by atoms with Crippen molar-refractivity contribution in [3.63, 3.8) is 0 Å². The third-order valence-corrected chi connectivity index (χ3v) is 4.72. The van der Waals surface area contributed by atoms with Gasteiger partial charge in [-0.1, -0.05) is 6.07 Å². The summed E-state index contributed by atoms with van der Waals surface area (Å²) in [5.74, 6) is 1.62. The molecule has 2 heterocycles. The maximum absolute atomic E-state index is 6.05. The zero-order chi connectivity index (χ0) is 18.5. The van der Waals surface area contributed by atoms with Crippen LogP contribution < -0.4 is 14.8 Å². The maximum atomic E-state index is 6.05. The molecule has 0 saturated carbocycles. The van der Waals surface area contributed by atoms with Crippen molar-refractivity contribution < 1.29 is 9.47 Å². The average Bonchev–Trinajstić information content (AvgIpc) is 2.64. The van der Waals surface area contributed by atoms with Gasteiger partial charge in [0.05, 0.1) is 25.5 Å². The van der Waals surface area contributed by atoms with Crippen molar-refractivity contribution in [1.29, 1.82) is 0 Å². The smallest absolute Gasteiger partial charge is 0.161 e. The molecule has 0 saturated heterocycles. The Morgan fingerprint density at radius 3 is 2.77 bits per heavy atom. The Bertz CT molecular complexity index is 729. The molecule has 5 nitrogen and oxygen atoms in total. The minimum Gasteiger partial charge on any atom is -0.493 e. The van der Waals surface area contributed by atoms with Crippen LogP contribution in [0.1, 0.15) is 34.8 Å². The fourth-order valence-electron chi connectivity index (χ4n) is 3.31. The van der Waals surface area contributed by atoms with Crippen molar-refractivity contribution in [2.45, 2.75) is 25.8 Å². The number of hydrogen-bond donors (Lipinski definition) is 1. The molecule has 1 unspecified atom stereocenters. The summed E-state index contributed by atoms with van der Waals surface area (Å²) in [7, 11) is 5.85. The molecule has 26 heavy (non-hydrogen) atoms. The molecular formula is C21H29N3O2. The van der Waals surface area contributed by atoms with Crippen molar-refractivity contribution in [3.05, 3.63) is 52.8 Å². The van der Waals surface area contributed by atoms with Crippen molar-refractivity contribution in [2.75, 3.05) is 40.9 Å². The van der Waals surface area contributed by atoms with Crippen LogP contribution in [0.25, 0.3) is 0 Å². The van der Waals surface area contributed by atoms with Gasteiger partial charge in [0.25, 0.3) is 0 Å². The van der Waals surface area contributed by atoms with E-state index in [9.17, 15) is 0 Å². The maximum Gasteiger partial charge on any atom is 0.161 e. The molecule has 140 valence electrons. The average molecular weight is 355 g/mol. The first-order valence-corrected chi connectivity index (χ1v) is 9.22. The van der Waals surface area contributed by atoms with Crippen LogP contribution in [0.3, 0.4) is 0 Å². The summed E-state index contributed by atoms with van der Waals surface area (Å²) in [5, 5.41) is 3.59. The van der Waals surface area contributed by atoms with Gasteiger partial charge < -0.3 is 19.7 Å². The predicted molar refractivity (Wildman–Crippen MR) is 104 cm³/mol. The molecule has 0 aliphatic carbocycles. The molecule has 1 aliphatic heterocycles. The highest BCUT2D eigenvalue weighted by Crippen LogP contribution is 2.37. The second-order valence-corrected chi connectivity index (χ2v) is 7.10. The summed E-state index contributed by atoms with van der Waals surface area (Å²) in [6.07, 6.45) is 3.89. The van der Waals surface area contributed by atoms with Gasteiger partial charge in [0.1, 0.15) is 0 Å². The summed E-state index contributed by atoms with van der Waals surface area (Å²) in [6.45, 7) is 4.67. The molecule has 0 amide bonds. The topological polar surface area (TPSA) is 46.6 Å².